The van der Waals surface area contributed by atoms with Gasteiger partial charge in [-0.15, -0.1) is 11.3 Å². The molecule has 0 atom stereocenters. The number of benzene rings is 1. The van der Waals surface area contributed by atoms with Crippen LogP contribution in [0.25, 0.3) is 10.6 Å². The van der Waals surface area contributed by atoms with Crippen molar-refractivity contribution in [1.82, 2.24) is 4.98 Å². The van der Waals surface area contributed by atoms with Gasteiger partial charge in [0, 0.05) is 16.5 Å². The zero-order valence-electron chi connectivity index (χ0n) is 11.2. The highest BCUT2D eigenvalue weighted by Crippen LogP contribution is 2.27. The molecule has 2 nitrogen and oxygen atoms in total. The van der Waals surface area contributed by atoms with E-state index in [1.807, 2.05) is 0 Å². The Morgan fingerprint density at radius 2 is 2.00 bits per heavy atom. The van der Waals surface area contributed by atoms with Gasteiger partial charge >= 0.3 is 0 Å². The Kier molecular flexibility index (Phi) is 3.83. The molecule has 2 aromatic rings. The van der Waals surface area contributed by atoms with Crippen molar-refractivity contribution in [1.29, 1.82) is 0 Å². The average molecular weight is 260 g/mol. The Bertz CT molecular complexity index is 523. The highest BCUT2D eigenvalue weighted by atomic mass is 32.1. The van der Waals surface area contributed by atoms with Gasteiger partial charge in [0.15, 0.2) is 0 Å². The molecular weight excluding hydrogens is 240 g/mol. The van der Waals surface area contributed by atoms with Crippen LogP contribution in [-0.2, 0) is 6.42 Å². The first kappa shape index (κ1) is 13.2. The van der Waals surface area contributed by atoms with Crippen LogP contribution in [0.1, 0.15) is 31.5 Å². The van der Waals surface area contributed by atoms with Crippen LogP contribution in [0, 0.1) is 6.92 Å². The average Bonchev–Trinajstić information content (AvgIpc) is 2.75. The number of thiazole rings is 1. The molecule has 2 rings (SSSR count). The van der Waals surface area contributed by atoms with Gasteiger partial charge in [-0.2, -0.15) is 0 Å². The second kappa shape index (κ2) is 5.21. The van der Waals surface area contributed by atoms with Gasteiger partial charge in [0.25, 0.3) is 0 Å². The third-order valence-corrected chi connectivity index (χ3v) is 3.88. The SMILES string of the molecule is Cc1ccccc1-c1nc(CCC(C)(C)N)cs1. The molecule has 1 aromatic carbocycles. The van der Waals surface area contributed by atoms with E-state index in [0.717, 1.165) is 23.5 Å². The highest BCUT2D eigenvalue weighted by Gasteiger charge is 2.12. The summed E-state index contributed by atoms with van der Waals surface area (Å²) in [5, 5.41) is 3.26. The molecule has 1 aromatic heterocycles. The van der Waals surface area contributed by atoms with E-state index in [4.69, 9.17) is 10.7 Å². The first-order chi connectivity index (χ1) is 8.46. The van der Waals surface area contributed by atoms with Gasteiger partial charge < -0.3 is 5.73 Å². The maximum atomic E-state index is 6.00. The topological polar surface area (TPSA) is 38.9 Å². The number of aromatic nitrogens is 1. The monoisotopic (exact) mass is 260 g/mol. The van der Waals surface area contributed by atoms with Gasteiger partial charge in [0.1, 0.15) is 5.01 Å². The van der Waals surface area contributed by atoms with Gasteiger partial charge in [0.2, 0.25) is 0 Å². The Labute approximate surface area is 113 Å². The number of aryl methyl sites for hydroxylation is 2. The molecular formula is C15H20N2S. The summed E-state index contributed by atoms with van der Waals surface area (Å²) < 4.78 is 0. The number of hydrogen-bond acceptors (Lipinski definition) is 3. The zero-order chi connectivity index (χ0) is 13.2. The van der Waals surface area contributed by atoms with E-state index in [2.05, 4.69) is 50.4 Å². The van der Waals surface area contributed by atoms with Crippen LogP contribution >= 0.6 is 11.3 Å². The maximum absolute atomic E-state index is 6.00. The first-order valence-corrected chi connectivity index (χ1v) is 7.13. The summed E-state index contributed by atoms with van der Waals surface area (Å²) in [7, 11) is 0. The van der Waals surface area contributed by atoms with E-state index in [1.54, 1.807) is 11.3 Å². The Morgan fingerprint density at radius 1 is 1.28 bits per heavy atom. The van der Waals surface area contributed by atoms with Gasteiger partial charge in [-0.1, -0.05) is 24.3 Å². The van der Waals surface area contributed by atoms with E-state index in [1.165, 1.54) is 11.1 Å². The van der Waals surface area contributed by atoms with Crippen molar-refractivity contribution >= 4 is 11.3 Å². The molecule has 0 aliphatic carbocycles. The molecule has 0 aliphatic heterocycles. The third kappa shape index (κ3) is 3.40. The van der Waals surface area contributed by atoms with E-state index in [0.29, 0.717) is 0 Å². The number of nitrogens with zero attached hydrogens (tertiary/aromatic N) is 1. The molecule has 3 heteroatoms. The van der Waals surface area contributed by atoms with Crippen LogP contribution in [-0.4, -0.2) is 10.5 Å². The quantitative estimate of drug-likeness (QED) is 0.908. The summed E-state index contributed by atoms with van der Waals surface area (Å²) in [5.41, 5.74) is 9.54. The Balaban J connectivity index is 2.14. The fourth-order valence-electron chi connectivity index (χ4n) is 1.81. The van der Waals surface area contributed by atoms with E-state index in [-0.39, 0.29) is 5.54 Å². The number of nitrogens with two attached hydrogens (primary N) is 1. The van der Waals surface area contributed by atoms with Crippen LogP contribution in [0.5, 0.6) is 0 Å². The van der Waals surface area contributed by atoms with Crippen molar-refractivity contribution in [3.8, 4) is 10.6 Å². The minimum atomic E-state index is -0.119. The van der Waals surface area contributed by atoms with Crippen molar-refractivity contribution in [3.05, 3.63) is 40.9 Å². The first-order valence-electron chi connectivity index (χ1n) is 6.25. The second-order valence-corrected chi connectivity index (χ2v) is 6.31. The number of hydrogen-bond donors (Lipinski definition) is 1. The lowest BCUT2D eigenvalue weighted by Crippen LogP contribution is -2.32. The molecule has 18 heavy (non-hydrogen) atoms. The molecule has 1 heterocycles. The van der Waals surface area contributed by atoms with Crippen LogP contribution in [0.2, 0.25) is 0 Å². The standard InChI is InChI=1S/C15H20N2S/c1-11-6-4-5-7-13(11)14-17-12(10-18-14)8-9-15(2,3)16/h4-7,10H,8-9,16H2,1-3H3. The van der Waals surface area contributed by atoms with Gasteiger partial charge in [-0.3, -0.25) is 0 Å². The molecule has 0 unspecified atom stereocenters. The minimum Gasteiger partial charge on any atom is -0.326 e. The molecule has 96 valence electrons. The van der Waals surface area contributed by atoms with Crippen molar-refractivity contribution in [2.75, 3.05) is 0 Å². The predicted molar refractivity (Wildman–Crippen MR) is 78.9 cm³/mol. The summed E-state index contributed by atoms with van der Waals surface area (Å²) in [6, 6.07) is 8.38. The lowest BCUT2D eigenvalue weighted by atomic mass is 9.99. The van der Waals surface area contributed by atoms with Crippen molar-refractivity contribution in [2.24, 2.45) is 5.73 Å². The van der Waals surface area contributed by atoms with Crippen LogP contribution in [0.3, 0.4) is 0 Å². The summed E-state index contributed by atoms with van der Waals surface area (Å²) in [4.78, 5) is 4.71. The second-order valence-electron chi connectivity index (χ2n) is 5.45. The van der Waals surface area contributed by atoms with E-state index >= 15 is 0 Å². The molecule has 0 spiro atoms. The third-order valence-electron chi connectivity index (χ3n) is 2.95. The fourth-order valence-corrected chi connectivity index (χ4v) is 2.75. The summed E-state index contributed by atoms with van der Waals surface area (Å²) in [6.07, 6.45) is 1.91. The van der Waals surface area contributed by atoms with Crippen LogP contribution in [0.4, 0.5) is 0 Å². The fraction of sp³-hybridized carbons (Fsp3) is 0.400. The van der Waals surface area contributed by atoms with Crippen molar-refractivity contribution in [2.45, 2.75) is 39.2 Å². The van der Waals surface area contributed by atoms with E-state index < -0.39 is 0 Å². The molecule has 0 bridgehead atoms. The molecule has 0 fully saturated rings. The molecule has 0 radical (unpaired) electrons. The molecule has 0 aliphatic rings. The largest absolute Gasteiger partial charge is 0.326 e. The van der Waals surface area contributed by atoms with Crippen molar-refractivity contribution < 1.29 is 0 Å². The minimum absolute atomic E-state index is 0.119. The van der Waals surface area contributed by atoms with Crippen molar-refractivity contribution in [3.63, 3.8) is 0 Å². The normalized spacial score (nSPS) is 11.8. The summed E-state index contributed by atoms with van der Waals surface area (Å²) >= 11 is 1.72. The highest BCUT2D eigenvalue weighted by molar-refractivity contribution is 7.13. The molecule has 0 saturated carbocycles. The van der Waals surface area contributed by atoms with Gasteiger partial charge in [-0.25, -0.2) is 4.98 Å². The maximum Gasteiger partial charge on any atom is 0.123 e. The molecule has 0 amide bonds. The number of rotatable bonds is 4. The smallest absolute Gasteiger partial charge is 0.123 e. The van der Waals surface area contributed by atoms with Crippen LogP contribution in [0.15, 0.2) is 29.6 Å². The zero-order valence-corrected chi connectivity index (χ0v) is 12.1. The van der Waals surface area contributed by atoms with Gasteiger partial charge in [0.05, 0.1) is 5.69 Å². The lowest BCUT2D eigenvalue weighted by Gasteiger charge is -2.16. The van der Waals surface area contributed by atoms with E-state index in [9.17, 15) is 0 Å². The molecule has 0 saturated heterocycles. The Hall–Kier alpha value is -1.19. The lowest BCUT2D eigenvalue weighted by molar-refractivity contribution is 0.475. The summed E-state index contributed by atoms with van der Waals surface area (Å²) in [6.45, 7) is 6.24. The molecule has 2 N–H and O–H groups in total. The van der Waals surface area contributed by atoms with Gasteiger partial charge in [-0.05, 0) is 39.2 Å². The Morgan fingerprint density at radius 3 is 2.67 bits per heavy atom. The summed E-state index contributed by atoms with van der Waals surface area (Å²) in [5.74, 6) is 0. The van der Waals surface area contributed by atoms with Crippen LogP contribution < -0.4 is 5.73 Å². The predicted octanol–water partition coefficient (Wildman–Crippen LogP) is 3.79.